The van der Waals surface area contributed by atoms with Gasteiger partial charge in [-0.05, 0) is 54.8 Å². The Morgan fingerprint density at radius 2 is 2.09 bits per heavy atom. The number of carbonyl (C=O) groups excluding carboxylic acids is 1. The quantitative estimate of drug-likeness (QED) is 0.325. The third kappa shape index (κ3) is 4.15. The molecular formula is C26H23N3O5. The van der Waals surface area contributed by atoms with Crippen LogP contribution in [0.4, 0.5) is 5.69 Å². The molecule has 1 N–H and O–H groups in total. The smallest absolute Gasteiger partial charge is 0.270 e. The van der Waals surface area contributed by atoms with Crippen molar-refractivity contribution in [1.29, 1.82) is 0 Å². The minimum Gasteiger partial charge on any atom is -0.507 e. The summed E-state index contributed by atoms with van der Waals surface area (Å²) in [6.45, 7) is 1.28. The predicted octanol–water partition coefficient (Wildman–Crippen LogP) is 5.04. The Bertz CT molecular complexity index is 1290. The van der Waals surface area contributed by atoms with E-state index in [1.807, 2.05) is 12.3 Å². The van der Waals surface area contributed by atoms with Gasteiger partial charge in [-0.25, -0.2) is 0 Å². The summed E-state index contributed by atoms with van der Waals surface area (Å²) < 4.78 is 5.96. The van der Waals surface area contributed by atoms with Gasteiger partial charge in [0.2, 0.25) is 5.78 Å². The summed E-state index contributed by atoms with van der Waals surface area (Å²) in [5.41, 5.74) is 2.48. The second-order valence-electron chi connectivity index (χ2n) is 8.50. The highest BCUT2D eigenvalue weighted by atomic mass is 16.6. The first-order valence-corrected chi connectivity index (χ1v) is 11.2. The Morgan fingerprint density at radius 3 is 2.88 bits per heavy atom. The van der Waals surface area contributed by atoms with Gasteiger partial charge in [0, 0.05) is 37.1 Å². The fourth-order valence-corrected chi connectivity index (χ4v) is 4.66. The van der Waals surface area contributed by atoms with E-state index in [1.54, 1.807) is 24.4 Å². The molecule has 0 unspecified atom stereocenters. The molecule has 3 aromatic rings. The molecule has 8 nitrogen and oxygen atoms in total. The number of carbonyl (C=O) groups is 1. The zero-order chi connectivity index (χ0) is 23.7. The number of likely N-dealkylation sites (tertiary alicyclic amines) is 1. The summed E-state index contributed by atoms with van der Waals surface area (Å²) in [7, 11) is 0. The van der Waals surface area contributed by atoms with Crippen LogP contribution in [0.5, 0.6) is 11.5 Å². The van der Waals surface area contributed by atoms with E-state index in [4.69, 9.17) is 4.74 Å². The second-order valence-corrected chi connectivity index (χ2v) is 8.50. The Balaban J connectivity index is 1.46. The van der Waals surface area contributed by atoms with E-state index < -0.39 is 4.92 Å². The third-order valence-electron chi connectivity index (χ3n) is 6.34. The van der Waals surface area contributed by atoms with Crippen LogP contribution in [0.25, 0.3) is 6.08 Å². The van der Waals surface area contributed by atoms with Crippen LogP contribution in [0, 0.1) is 10.1 Å². The van der Waals surface area contributed by atoms with Gasteiger partial charge in [-0.2, -0.15) is 0 Å². The number of nitro groups is 1. The number of benzene rings is 2. The molecule has 2 aliphatic rings. The lowest BCUT2D eigenvalue weighted by Gasteiger charge is -2.36. The summed E-state index contributed by atoms with van der Waals surface area (Å²) in [4.78, 5) is 30.2. The number of pyridine rings is 1. The molecule has 1 atom stereocenters. The number of rotatable bonds is 5. The highest BCUT2D eigenvalue weighted by molar-refractivity contribution is 6.15. The topological polar surface area (TPSA) is 106 Å². The summed E-state index contributed by atoms with van der Waals surface area (Å²) in [5.74, 6) is 0.172. The standard InChI is InChI=1S/C26H23N3O5/c30-23-10-9-20-25(31)24(14-17-5-3-7-19(13-17)29(32)33)34-26(20)21(23)16-28-12-2-1-8-22(28)18-6-4-11-27-15-18/h3-7,9-11,13-15,22,30H,1-2,8,12,16H2/b24-14-/t22-/m0/s1. The van der Waals surface area contributed by atoms with Crippen molar-refractivity contribution in [3.63, 3.8) is 0 Å². The minimum atomic E-state index is -0.485. The zero-order valence-corrected chi connectivity index (χ0v) is 18.4. The van der Waals surface area contributed by atoms with Crippen LogP contribution in [0.15, 0.2) is 66.7 Å². The fraction of sp³-hybridized carbons (Fsp3) is 0.231. The largest absolute Gasteiger partial charge is 0.507 e. The number of fused-ring (bicyclic) bond motifs is 1. The van der Waals surface area contributed by atoms with Gasteiger partial charge < -0.3 is 9.84 Å². The van der Waals surface area contributed by atoms with E-state index in [0.29, 0.717) is 29.0 Å². The van der Waals surface area contributed by atoms with Crippen molar-refractivity contribution in [1.82, 2.24) is 9.88 Å². The zero-order valence-electron chi connectivity index (χ0n) is 18.4. The van der Waals surface area contributed by atoms with E-state index in [9.17, 15) is 20.0 Å². The number of aromatic nitrogens is 1. The lowest BCUT2D eigenvalue weighted by molar-refractivity contribution is -0.384. The summed E-state index contributed by atoms with van der Waals surface area (Å²) in [5, 5.41) is 21.8. The summed E-state index contributed by atoms with van der Waals surface area (Å²) in [6.07, 6.45) is 8.26. The van der Waals surface area contributed by atoms with Crippen molar-refractivity contribution in [2.45, 2.75) is 31.8 Å². The monoisotopic (exact) mass is 457 g/mol. The molecule has 8 heteroatoms. The van der Waals surface area contributed by atoms with Gasteiger partial charge in [0.25, 0.3) is 5.69 Å². The molecule has 3 heterocycles. The molecule has 1 saturated heterocycles. The van der Waals surface area contributed by atoms with Crippen molar-refractivity contribution in [3.8, 4) is 11.5 Å². The number of nitro benzene ring substituents is 1. The molecular weight excluding hydrogens is 434 g/mol. The number of non-ortho nitro benzene ring substituents is 1. The fourth-order valence-electron chi connectivity index (χ4n) is 4.66. The molecule has 0 saturated carbocycles. The Hall–Kier alpha value is -4.04. The summed E-state index contributed by atoms with van der Waals surface area (Å²) >= 11 is 0. The van der Waals surface area contributed by atoms with Crippen molar-refractivity contribution in [2.75, 3.05) is 6.54 Å². The lowest BCUT2D eigenvalue weighted by Crippen LogP contribution is -2.33. The minimum absolute atomic E-state index is 0.0674. The molecule has 0 bridgehead atoms. The first kappa shape index (κ1) is 21.8. The van der Waals surface area contributed by atoms with Gasteiger partial charge in [-0.3, -0.25) is 24.8 Å². The molecule has 1 fully saturated rings. The highest BCUT2D eigenvalue weighted by Crippen LogP contribution is 2.42. The van der Waals surface area contributed by atoms with Crippen LogP contribution in [-0.4, -0.2) is 32.2 Å². The number of hydrogen-bond donors (Lipinski definition) is 1. The number of piperidine rings is 1. The molecule has 0 amide bonds. The molecule has 2 aromatic carbocycles. The van der Waals surface area contributed by atoms with Crippen LogP contribution < -0.4 is 4.74 Å². The van der Waals surface area contributed by atoms with Crippen molar-refractivity contribution >= 4 is 17.5 Å². The maximum absolute atomic E-state index is 13.0. The number of nitrogens with zero attached hydrogens (tertiary/aromatic N) is 3. The van der Waals surface area contributed by atoms with Crippen LogP contribution in [-0.2, 0) is 6.54 Å². The number of Topliss-reactive ketones (excluding diaryl/α,β-unsaturated/α-hetero) is 1. The van der Waals surface area contributed by atoms with Crippen molar-refractivity contribution in [3.05, 3.63) is 99.1 Å². The average Bonchev–Trinajstić information content (AvgIpc) is 3.17. The van der Waals surface area contributed by atoms with E-state index in [2.05, 4.69) is 16.0 Å². The van der Waals surface area contributed by atoms with Crippen LogP contribution in [0.2, 0.25) is 0 Å². The predicted molar refractivity (Wildman–Crippen MR) is 125 cm³/mol. The maximum Gasteiger partial charge on any atom is 0.270 e. The molecule has 0 radical (unpaired) electrons. The van der Waals surface area contributed by atoms with Crippen LogP contribution in [0.1, 0.15) is 52.4 Å². The number of phenols is 1. The molecule has 0 spiro atoms. The third-order valence-corrected chi connectivity index (χ3v) is 6.34. The second kappa shape index (κ2) is 9.07. The molecule has 5 rings (SSSR count). The van der Waals surface area contributed by atoms with Gasteiger partial charge in [-0.1, -0.05) is 24.6 Å². The Morgan fingerprint density at radius 1 is 1.21 bits per heavy atom. The number of ketones is 1. The first-order valence-electron chi connectivity index (χ1n) is 11.2. The van der Waals surface area contributed by atoms with Crippen LogP contribution >= 0.6 is 0 Å². The van der Waals surface area contributed by atoms with E-state index in [-0.39, 0.29) is 29.0 Å². The average molecular weight is 457 g/mol. The summed E-state index contributed by atoms with van der Waals surface area (Å²) in [6, 6.07) is 13.2. The lowest BCUT2D eigenvalue weighted by atomic mass is 9.95. The molecule has 172 valence electrons. The molecule has 1 aromatic heterocycles. The Kier molecular flexibility index (Phi) is 5.81. The van der Waals surface area contributed by atoms with Gasteiger partial charge >= 0.3 is 0 Å². The van der Waals surface area contributed by atoms with E-state index >= 15 is 0 Å². The van der Waals surface area contributed by atoms with E-state index in [0.717, 1.165) is 31.4 Å². The van der Waals surface area contributed by atoms with E-state index in [1.165, 1.54) is 24.3 Å². The maximum atomic E-state index is 13.0. The number of allylic oxidation sites excluding steroid dienone is 1. The van der Waals surface area contributed by atoms with Crippen LogP contribution in [0.3, 0.4) is 0 Å². The highest BCUT2D eigenvalue weighted by Gasteiger charge is 2.33. The number of hydrogen-bond acceptors (Lipinski definition) is 7. The van der Waals surface area contributed by atoms with Crippen molar-refractivity contribution < 1.29 is 19.6 Å². The van der Waals surface area contributed by atoms with Crippen molar-refractivity contribution in [2.24, 2.45) is 0 Å². The number of ether oxygens (including phenoxy) is 1. The number of aromatic hydroxyl groups is 1. The molecule has 2 aliphatic heterocycles. The molecule has 34 heavy (non-hydrogen) atoms. The van der Waals surface area contributed by atoms with Gasteiger partial charge in [0.15, 0.2) is 5.76 Å². The SMILES string of the molecule is O=C1/C(=C/c2cccc([N+](=O)[O-])c2)Oc2c1ccc(O)c2CN1CCCC[C@H]1c1cccnc1. The first-order chi connectivity index (χ1) is 16.5. The molecule has 0 aliphatic carbocycles. The Labute approximate surface area is 196 Å². The normalized spacial score (nSPS) is 19.1. The number of phenolic OH excluding ortho intramolecular Hbond substituents is 1. The van der Waals surface area contributed by atoms with Gasteiger partial charge in [0.1, 0.15) is 11.5 Å². The van der Waals surface area contributed by atoms with Gasteiger partial charge in [0.05, 0.1) is 16.1 Å². The van der Waals surface area contributed by atoms with Gasteiger partial charge in [-0.15, -0.1) is 0 Å².